The lowest BCUT2D eigenvalue weighted by Gasteiger charge is -1.98. The second-order valence-electron chi connectivity index (χ2n) is 2.75. The quantitative estimate of drug-likeness (QED) is 0.529. The largest absolute Gasteiger partial charge is 0.454 e. The SMILES string of the molecule is CC.Cc1cc2c(cc1[N+](=O)[O-])OCO2. The van der Waals surface area contributed by atoms with E-state index >= 15 is 0 Å². The van der Waals surface area contributed by atoms with Crippen molar-refractivity contribution in [1.29, 1.82) is 0 Å². The van der Waals surface area contributed by atoms with E-state index in [9.17, 15) is 10.1 Å². The van der Waals surface area contributed by atoms with Gasteiger partial charge in [-0.1, -0.05) is 13.8 Å². The number of nitro benzene ring substituents is 1. The van der Waals surface area contributed by atoms with Gasteiger partial charge in [-0.15, -0.1) is 0 Å². The van der Waals surface area contributed by atoms with Gasteiger partial charge in [-0.25, -0.2) is 0 Å². The van der Waals surface area contributed by atoms with E-state index in [-0.39, 0.29) is 12.5 Å². The van der Waals surface area contributed by atoms with Crippen molar-refractivity contribution in [2.24, 2.45) is 0 Å². The van der Waals surface area contributed by atoms with Crippen molar-refractivity contribution >= 4 is 5.69 Å². The Bertz CT molecular complexity index is 376. The van der Waals surface area contributed by atoms with Gasteiger partial charge in [0, 0.05) is 5.56 Å². The van der Waals surface area contributed by atoms with Crippen LogP contribution in [0.5, 0.6) is 11.5 Å². The van der Waals surface area contributed by atoms with Crippen LogP contribution in [0.1, 0.15) is 19.4 Å². The van der Waals surface area contributed by atoms with Crippen LogP contribution in [0.4, 0.5) is 5.69 Å². The molecule has 0 aliphatic carbocycles. The molecule has 15 heavy (non-hydrogen) atoms. The summed E-state index contributed by atoms with van der Waals surface area (Å²) in [6.45, 7) is 5.80. The third kappa shape index (κ3) is 2.18. The molecule has 1 aliphatic heterocycles. The second kappa shape index (κ2) is 4.63. The first-order chi connectivity index (χ1) is 7.18. The van der Waals surface area contributed by atoms with E-state index in [0.29, 0.717) is 17.1 Å². The van der Waals surface area contributed by atoms with Gasteiger partial charge in [-0.2, -0.15) is 0 Å². The topological polar surface area (TPSA) is 61.6 Å². The molecule has 1 aliphatic rings. The molecule has 1 heterocycles. The number of aryl methyl sites for hydroxylation is 1. The Morgan fingerprint density at radius 1 is 1.27 bits per heavy atom. The van der Waals surface area contributed by atoms with Crippen molar-refractivity contribution in [1.82, 2.24) is 0 Å². The molecule has 0 spiro atoms. The summed E-state index contributed by atoms with van der Waals surface area (Å²) in [4.78, 5) is 10.1. The molecule has 1 aromatic carbocycles. The first-order valence-corrected chi connectivity index (χ1v) is 4.73. The number of rotatable bonds is 1. The first kappa shape index (κ1) is 11.3. The summed E-state index contributed by atoms with van der Waals surface area (Å²) in [5.41, 5.74) is 0.638. The highest BCUT2D eigenvalue weighted by Gasteiger charge is 2.20. The Balaban J connectivity index is 0.000000531. The average molecular weight is 211 g/mol. The fourth-order valence-corrected chi connectivity index (χ4v) is 1.23. The fourth-order valence-electron chi connectivity index (χ4n) is 1.23. The molecule has 0 bridgehead atoms. The predicted octanol–water partition coefficient (Wildman–Crippen LogP) is 2.66. The zero-order valence-corrected chi connectivity index (χ0v) is 8.94. The lowest BCUT2D eigenvalue weighted by Crippen LogP contribution is -1.93. The molecule has 0 saturated heterocycles. The minimum atomic E-state index is -0.433. The van der Waals surface area contributed by atoms with Crippen molar-refractivity contribution < 1.29 is 14.4 Å². The number of ether oxygens (including phenoxy) is 2. The van der Waals surface area contributed by atoms with E-state index in [1.54, 1.807) is 13.0 Å². The van der Waals surface area contributed by atoms with E-state index in [4.69, 9.17) is 9.47 Å². The number of nitro groups is 1. The third-order valence-electron chi connectivity index (χ3n) is 1.89. The Labute approximate surface area is 87.8 Å². The Hall–Kier alpha value is -1.78. The minimum absolute atomic E-state index is 0.0595. The number of hydrogen-bond acceptors (Lipinski definition) is 4. The van der Waals surface area contributed by atoms with E-state index < -0.39 is 4.92 Å². The highest BCUT2D eigenvalue weighted by atomic mass is 16.7. The molecule has 0 N–H and O–H groups in total. The number of fused-ring (bicyclic) bond motifs is 1. The molecule has 0 fully saturated rings. The van der Waals surface area contributed by atoms with Crippen molar-refractivity contribution in [2.45, 2.75) is 20.8 Å². The van der Waals surface area contributed by atoms with Crippen molar-refractivity contribution in [3.63, 3.8) is 0 Å². The van der Waals surface area contributed by atoms with E-state index in [1.165, 1.54) is 6.07 Å². The molecule has 0 saturated carbocycles. The molecule has 5 heteroatoms. The molecular weight excluding hydrogens is 198 g/mol. The molecule has 0 amide bonds. The van der Waals surface area contributed by atoms with E-state index in [0.717, 1.165) is 0 Å². The molecule has 0 aromatic heterocycles. The molecule has 5 nitrogen and oxygen atoms in total. The fraction of sp³-hybridized carbons (Fsp3) is 0.400. The molecule has 82 valence electrons. The van der Waals surface area contributed by atoms with Gasteiger partial charge in [0.05, 0.1) is 11.0 Å². The van der Waals surface area contributed by atoms with Gasteiger partial charge >= 0.3 is 0 Å². The molecule has 0 unspecified atom stereocenters. The summed E-state index contributed by atoms with van der Waals surface area (Å²) < 4.78 is 10.1. The van der Waals surface area contributed by atoms with Crippen LogP contribution in [0, 0.1) is 17.0 Å². The van der Waals surface area contributed by atoms with E-state index in [2.05, 4.69) is 0 Å². The Morgan fingerprint density at radius 3 is 2.33 bits per heavy atom. The Kier molecular flexibility index (Phi) is 3.49. The highest BCUT2D eigenvalue weighted by molar-refractivity contribution is 5.54. The zero-order valence-electron chi connectivity index (χ0n) is 8.94. The zero-order chi connectivity index (χ0) is 11.4. The maximum absolute atomic E-state index is 10.5. The van der Waals surface area contributed by atoms with Crippen LogP contribution >= 0.6 is 0 Å². The standard InChI is InChI=1S/C8H7NO4.C2H6/c1-5-2-7-8(13-4-12-7)3-6(5)9(10)11;1-2/h2-3H,4H2,1H3;1-2H3. The van der Waals surface area contributed by atoms with Gasteiger partial charge in [0.1, 0.15) is 0 Å². The number of hydrogen-bond donors (Lipinski definition) is 0. The van der Waals surface area contributed by atoms with Crippen LogP contribution in [0.25, 0.3) is 0 Å². The summed E-state index contributed by atoms with van der Waals surface area (Å²) in [5.74, 6) is 1.01. The second-order valence-corrected chi connectivity index (χ2v) is 2.75. The highest BCUT2D eigenvalue weighted by Crippen LogP contribution is 2.37. The van der Waals surface area contributed by atoms with Crippen LogP contribution in [0.15, 0.2) is 12.1 Å². The van der Waals surface area contributed by atoms with Crippen LogP contribution in [0.2, 0.25) is 0 Å². The van der Waals surface area contributed by atoms with Gasteiger partial charge < -0.3 is 9.47 Å². The number of benzene rings is 1. The normalized spacial score (nSPS) is 11.7. The van der Waals surface area contributed by atoms with Gasteiger partial charge in [0.15, 0.2) is 11.5 Å². The maximum Gasteiger partial charge on any atom is 0.276 e. The molecular formula is C10H13NO4. The Morgan fingerprint density at radius 2 is 1.80 bits per heavy atom. The van der Waals surface area contributed by atoms with Crippen molar-refractivity contribution in [3.05, 3.63) is 27.8 Å². The van der Waals surface area contributed by atoms with Crippen LogP contribution in [-0.4, -0.2) is 11.7 Å². The van der Waals surface area contributed by atoms with Crippen LogP contribution < -0.4 is 9.47 Å². The molecule has 0 atom stereocenters. The summed E-state index contributed by atoms with van der Waals surface area (Å²) in [7, 11) is 0. The summed E-state index contributed by atoms with van der Waals surface area (Å²) >= 11 is 0. The lowest BCUT2D eigenvalue weighted by atomic mass is 10.2. The van der Waals surface area contributed by atoms with Crippen LogP contribution in [0.3, 0.4) is 0 Å². The van der Waals surface area contributed by atoms with Gasteiger partial charge in [0.2, 0.25) is 6.79 Å². The third-order valence-corrected chi connectivity index (χ3v) is 1.89. The van der Waals surface area contributed by atoms with Gasteiger partial charge in [-0.05, 0) is 13.0 Å². The molecule has 0 radical (unpaired) electrons. The molecule has 2 rings (SSSR count). The van der Waals surface area contributed by atoms with Crippen LogP contribution in [-0.2, 0) is 0 Å². The van der Waals surface area contributed by atoms with Crippen molar-refractivity contribution in [3.8, 4) is 11.5 Å². The summed E-state index contributed by atoms with van der Waals surface area (Å²) in [6.07, 6.45) is 0. The molecule has 1 aromatic rings. The van der Waals surface area contributed by atoms with Crippen molar-refractivity contribution in [2.75, 3.05) is 6.79 Å². The smallest absolute Gasteiger partial charge is 0.276 e. The maximum atomic E-state index is 10.5. The number of nitrogens with zero attached hydrogens (tertiary/aromatic N) is 1. The first-order valence-electron chi connectivity index (χ1n) is 4.73. The predicted molar refractivity (Wildman–Crippen MR) is 55.3 cm³/mol. The monoisotopic (exact) mass is 211 g/mol. The van der Waals surface area contributed by atoms with Gasteiger partial charge in [-0.3, -0.25) is 10.1 Å². The van der Waals surface area contributed by atoms with E-state index in [1.807, 2.05) is 13.8 Å². The summed E-state index contributed by atoms with van der Waals surface area (Å²) in [6, 6.07) is 3.00. The lowest BCUT2D eigenvalue weighted by molar-refractivity contribution is -0.385. The van der Waals surface area contributed by atoms with Gasteiger partial charge in [0.25, 0.3) is 5.69 Å². The average Bonchev–Trinajstić information content (AvgIpc) is 2.66. The minimum Gasteiger partial charge on any atom is -0.454 e. The summed E-state index contributed by atoms with van der Waals surface area (Å²) in [5, 5.41) is 10.5.